The molecule has 3 N–H and O–H groups in total. The predicted molar refractivity (Wildman–Crippen MR) is 79.2 cm³/mol. The van der Waals surface area contributed by atoms with Crippen LogP contribution < -0.4 is 11.1 Å². The molecule has 3 nitrogen and oxygen atoms in total. The van der Waals surface area contributed by atoms with Gasteiger partial charge in [0.25, 0.3) is 0 Å². The van der Waals surface area contributed by atoms with E-state index < -0.39 is 0 Å². The van der Waals surface area contributed by atoms with Gasteiger partial charge in [-0.15, -0.1) is 0 Å². The summed E-state index contributed by atoms with van der Waals surface area (Å²) in [7, 11) is 0. The van der Waals surface area contributed by atoms with Crippen molar-refractivity contribution in [1.82, 2.24) is 5.32 Å². The normalized spacial score (nSPS) is 23.9. The molecule has 0 aliphatic heterocycles. The van der Waals surface area contributed by atoms with Gasteiger partial charge in [0, 0.05) is 25.2 Å². The third-order valence-corrected chi connectivity index (χ3v) is 3.81. The number of nitrogens with two attached hydrogens (primary N) is 1. The van der Waals surface area contributed by atoms with Crippen LogP contribution in [0.3, 0.4) is 0 Å². The van der Waals surface area contributed by atoms with Crippen LogP contribution >= 0.6 is 0 Å². The summed E-state index contributed by atoms with van der Waals surface area (Å²) in [6.45, 7) is 3.80. The standard InChI is InChI=1S/C16H26N2O/c1-2-19-16-10-15(11-16)18-12-14(17)9-8-13-6-4-3-5-7-13/h3-7,14-16,18H,2,8-12,17H2,1H3. The van der Waals surface area contributed by atoms with E-state index in [9.17, 15) is 0 Å². The van der Waals surface area contributed by atoms with Crippen LogP contribution in [0.4, 0.5) is 0 Å². The SMILES string of the molecule is CCOC1CC(NCC(N)CCc2ccccc2)C1. The van der Waals surface area contributed by atoms with Crippen LogP contribution in [-0.4, -0.2) is 31.3 Å². The van der Waals surface area contributed by atoms with E-state index in [1.165, 1.54) is 5.56 Å². The van der Waals surface area contributed by atoms with Crippen molar-refractivity contribution in [3.63, 3.8) is 0 Å². The van der Waals surface area contributed by atoms with Crippen molar-refractivity contribution in [2.24, 2.45) is 5.73 Å². The quantitative estimate of drug-likeness (QED) is 0.754. The maximum Gasteiger partial charge on any atom is 0.0604 e. The molecule has 0 spiro atoms. The summed E-state index contributed by atoms with van der Waals surface area (Å²) in [4.78, 5) is 0. The molecular weight excluding hydrogens is 236 g/mol. The fourth-order valence-corrected chi connectivity index (χ4v) is 2.52. The average molecular weight is 262 g/mol. The van der Waals surface area contributed by atoms with Crippen LogP contribution in [0.5, 0.6) is 0 Å². The number of rotatable bonds is 8. The molecule has 0 heterocycles. The molecule has 0 saturated heterocycles. The topological polar surface area (TPSA) is 47.3 Å². The van der Waals surface area contributed by atoms with Crippen molar-refractivity contribution < 1.29 is 4.74 Å². The molecule has 1 unspecified atom stereocenters. The van der Waals surface area contributed by atoms with Crippen LogP contribution in [0.1, 0.15) is 31.7 Å². The van der Waals surface area contributed by atoms with Gasteiger partial charge in [-0.2, -0.15) is 0 Å². The molecule has 1 aliphatic rings. The minimum atomic E-state index is 0.242. The molecule has 2 rings (SSSR count). The maximum absolute atomic E-state index is 6.15. The van der Waals surface area contributed by atoms with Gasteiger partial charge in [-0.3, -0.25) is 0 Å². The van der Waals surface area contributed by atoms with Gasteiger partial charge >= 0.3 is 0 Å². The molecule has 0 aromatic heterocycles. The van der Waals surface area contributed by atoms with Gasteiger partial charge in [0.15, 0.2) is 0 Å². The van der Waals surface area contributed by atoms with E-state index in [1.807, 2.05) is 0 Å². The first-order chi connectivity index (χ1) is 9.28. The highest BCUT2D eigenvalue weighted by atomic mass is 16.5. The number of benzene rings is 1. The van der Waals surface area contributed by atoms with Gasteiger partial charge in [0.05, 0.1) is 6.10 Å². The van der Waals surface area contributed by atoms with E-state index >= 15 is 0 Å². The number of aryl methyl sites for hydroxylation is 1. The van der Waals surface area contributed by atoms with Gasteiger partial charge in [-0.25, -0.2) is 0 Å². The molecule has 106 valence electrons. The molecule has 3 heteroatoms. The summed E-state index contributed by atoms with van der Waals surface area (Å²) in [5.74, 6) is 0. The number of hydrogen-bond acceptors (Lipinski definition) is 3. The predicted octanol–water partition coefficient (Wildman–Crippen LogP) is 2.10. The Hall–Kier alpha value is -0.900. The first kappa shape index (κ1) is 14.5. The van der Waals surface area contributed by atoms with E-state index in [1.54, 1.807) is 0 Å². The Labute approximate surface area is 116 Å². The fraction of sp³-hybridized carbons (Fsp3) is 0.625. The Morgan fingerprint density at radius 2 is 2.05 bits per heavy atom. The first-order valence-corrected chi connectivity index (χ1v) is 7.42. The Morgan fingerprint density at radius 3 is 2.74 bits per heavy atom. The Balaban J connectivity index is 1.54. The highest BCUT2D eigenvalue weighted by Gasteiger charge is 2.29. The van der Waals surface area contributed by atoms with E-state index in [2.05, 4.69) is 42.6 Å². The first-order valence-electron chi connectivity index (χ1n) is 7.42. The lowest BCUT2D eigenvalue weighted by Gasteiger charge is -2.36. The van der Waals surface area contributed by atoms with Crippen molar-refractivity contribution in [3.8, 4) is 0 Å². The van der Waals surface area contributed by atoms with Crippen LogP contribution in [0.25, 0.3) is 0 Å². The molecule has 19 heavy (non-hydrogen) atoms. The third kappa shape index (κ3) is 4.94. The van der Waals surface area contributed by atoms with Gasteiger partial charge < -0.3 is 15.8 Å². The zero-order valence-electron chi connectivity index (χ0n) is 11.8. The van der Waals surface area contributed by atoms with Gasteiger partial charge in [-0.1, -0.05) is 30.3 Å². The van der Waals surface area contributed by atoms with E-state index in [0.717, 1.165) is 38.8 Å². The molecule has 0 amide bonds. The Bertz CT molecular complexity index is 349. The third-order valence-electron chi connectivity index (χ3n) is 3.81. The molecule has 1 aliphatic carbocycles. The lowest BCUT2D eigenvalue weighted by atomic mass is 9.89. The van der Waals surface area contributed by atoms with Crippen molar-refractivity contribution in [1.29, 1.82) is 0 Å². The molecular formula is C16H26N2O. The second-order valence-electron chi connectivity index (χ2n) is 5.44. The second-order valence-corrected chi connectivity index (χ2v) is 5.44. The van der Waals surface area contributed by atoms with Crippen LogP contribution in [-0.2, 0) is 11.2 Å². The largest absolute Gasteiger partial charge is 0.378 e. The Kier molecular flexibility index (Phi) is 5.83. The lowest BCUT2D eigenvalue weighted by Crippen LogP contribution is -2.49. The van der Waals surface area contributed by atoms with Crippen molar-refractivity contribution in [2.75, 3.05) is 13.2 Å². The highest BCUT2D eigenvalue weighted by molar-refractivity contribution is 5.14. The molecule has 1 atom stereocenters. The van der Waals surface area contributed by atoms with Crippen molar-refractivity contribution >= 4 is 0 Å². The molecule has 0 bridgehead atoms. The maximum atomic E-state index is 6.15. The molecule has 1 aromatic rings. The summed E-state index contributed by atoms with van der Waals surface area (Å²) in [5, 5.41) is 3.54. The summed E-state index contributed by atoms with van der Waals surface area (Å²) in [6.07, 6.45) is 4.86. The van der Waals surface area contributed by atoms with Crippen molar-refractivity contribution in [2.45, 2.75) is 50.8 Å². The Morgan fingerprint density at radius 1 is 1.32 bits per heavy atom. The average Bonchev–Trinajstić information content (AvgIpc) is 2.40. The van der Waals surface area contributed by atoms with Gasteiger partial charge in [0.2, 0.25) is 0 Å². The number of nitrogens with one attached hydrogen (secondary N) is 1. The summed E-state index contributed by atoms with van der Waals surface area (Å²) >= 11 is 0. The summed E-state index contributed by atoms with van der Waals surface area (Å²) in [5.41, 5.74) is 7.52. The van der Waals surface area contributed by atoms with E-state index in [-0.39, 0.29) is 6.04 Å². The fourth-order valence-electron chi connectivity index (χ4n) is 2.52. The monoisotopic (exact) mass is 262 g/mol. The lowest BCUT2D eigenvalue weighted by molar-refractivity contribution is -0.0100. The summed E-state index contributed by atoms with van der Waals surface area (Å²) in [6, 6.07) is 11.4. The zero-order chi connectivity index (χ0) is 13.5. The van der Waals surface area contributed by atoms with Gasteiger partial charge in [-0.05, 0) is 38.2 Å². The van der Waals surface area contributed by atoms with Crippen molar-refractivity contribution in [3.05, 3.63) is 35.9 Å². The second kappa shape index (κ2) is 7.63. The summed E-state index contributed by atoms with van der Waals surface area (Å²) < 4.78 is 5.55. The zero-order valence-corrected chi connectivity index (χ0v) is 11.8. The molecule has 1 saturated carbocycles. The highest BCUT2D eigenvalue weighted by Crippen LogP contribution is 2.23. The van der Waals surface area contributed by atoms with Crippen LogP contribution in [0.2, 0.25) is 0 Å². The number of hydrogen-bond donors (Lipinski definition) is 2. The van der Waals surface area contributed by atoms with E-state index in [4.69, 9.17) is 10.5 Å². The van der Waals surface area contributed by atoms with Crippen LogP contribution in [0, 0.1) is 0 Å². The molecule has 1 aromatic carbocycles. The molecule has 1 fully saturated rings. The smallest absolute Gasteiger partial charge is 0.0604 e. The minimum absolute atomic E-state index is 0.242. The number of ether oxygens (including phenoxy) is 1. The van der Waals surface area contributed by atoms with E-state index in [0.29, 0.717) is 12.1 Å². The van der Waals surface area contributed by atoms with Gasteiger partial charge in [0.1, 0.15) is 0 Å². The minimum Gasteiger partial charge on any atom is -0.378 e. The molecule has 0 radical (unpaired) electrons. The van der Waals surface area contributed by atoms with Crippen LogP contribution in [0.15, 0.2) is 30.3 Å².